The van der Waals surface area contributed by atoms with Crippen LogP contribution in [0.2, 0.25) is 0 Å². The molecule has 0 bridgehead atoms. The van der Waals surface area contributed by atoms with Gasteiger partial charge in [0.05, 0.1) is 40.2 Å². The van der Waals surface area contributed by atoms with E-state index in [2.05, 4.69) is 61.1 Å². The third kappa shape index (κ3) is 7.63. The number of carboxylic acid groups (broad SMARTS) is 1. The van der Waals surface area contributed by atoms with Gasteiger partial charge in [0.15, 0.2) is 0 Å². The lowest BCUT2D eigenvalue weighted by Gasteiger charge is -2.30. The molecule has 3 atom stereocenters. The number of carbonyl (C=O) groups excluding carboxylic acids is 1. The molecule has 5 rings (SSSR count). The second-order valence-electron chi connectivity index (χ2n) is 13.2. The van der Waals surface area contributed by atoms with Crippen LogP contribution in [-0.4, -0.2) is 89.8 Å². The highest BCUT2D eigenvalue weighted by Crippen LogP contribution is 2.41. The number of hydrogen-bond acceptors (Lipinski definition) is 6. The minimum absolute atomic E-state index is 0.0000247. The van der Waals surface area contributed by atoms with Crippen LogP contribution in [0.25, 0.3) is 0 Å². The van der Waals surface area contributed by atoms with Gasteiger partial charge in [-0.25, -0.2) is 9.97 Å². The summed E-state index contributed by atoms with van der Waals surface area (Å²) in [6, 6.07) is 15.9. The Morgan fingerprint density at radius 2 is 1.98 bits per heavy atom. The van der Waals surface area contributed by atoms with Crippen LogP contribution in [0.15, 0.2) is 61.1 Å². The molecular weight excluding hydrogens is 554 g/mol. The van der Waals surface area contributed by atoms with Crippen LogP contribution >= 0.6 is 0 Å². The predicted molar refractivity (Wildman–Crippen MR) is 171 cm³/mol. The number of hydrogen-bond donors (Lipinski definition) is 1. The minimum Gasteiger partial charge on any atom is -0.493 e. The SMILES string of the molecule is CCCCN(C(=O)CN1CC(c2ccc3c(c2)CCO3)C(C(=O)O)C1CCc1ccncn1)c1cccc(C[N+](C)(C)C)c1. The average Bonchev–Trinajstić information content (AvgIpc) is 3.60. The van der Waals surface area contributed by atoms with Crippen LogP contribution in [-0.2, 0) is 29.0 Å². The van der Waals surface area contributed by atoms with Gasteiger partial charge in [0.1, 0.15) is 18.6 Å². The number of fused-ring (bicyclic) bond motifs is 1. The van der Waals surface area contributed by atoms with Crippen molar-refractivity contribution in [1.82, 2.24) is 14.9 Å². The summed E-state index contributed by atoms with van der Waals surface area (Å²) in [6.07, 6.45) is 7.11. The normalized spacial score (nSPS) is 19.9. The summed E-state index contributed by atoms with van der Waals surface area (Å²) in [5.74, 6) is -0.837. The molecule has 1 saturated heterocycles. The van der Waals surface area contributed by atoms with Crippen molar-refractivity contribution in [2.45, 2.75) is 57.5 Å². The first kappa shape index (κ1) is 31.6. The Kier molecular flexibility index (Phi) is 9.96. The number of aliphatic carboxylic acids is 1. The van der Waals surface area contributed by atoms with Crippen molar-refractivity contribution >= 4 is 17.6 Å². The molecule has 0 radical (unpaired) electrons. The lowest BCUT2D eigenvalue weighted by Crippen LogP contribution is -2.44. The van der Waals surface area contributed by atoms with Crippen LogP contribution in [0, 0.1) is 5.92 Å². The summed E-state index contributed by atoms with van der Waals surface area (Å²) in [5, 5.41) is 10.6. The van der Waals surface area contributed by atoms with Gasteiger partial charge >= 0.3 is 5.97 Å². The topological polar surface area (TPSA) is 95.9 Å². The van der Waals surface area contributed by atoms with Gasteiger partial charge in [0, 0.05) is 54.6 Å². The van der Waals surface area contributed by atoms with Crippen LogP contribution in [0.5, 0.6) is 5.75 Å². The molecule has 1 N–H and O–H groups in total. The number of nitrogens with zero attached hydrogens (tertiary/aromatic N) is 5. The molecule has 9 heteroatoms. The van der Waals surface area contributed by atoms with E-state index in [1.54, 1.807) is 6.20 Å². The molecule has 1 aromatic heterocycles. The molecule has 2 aliphatic rings. The van der Waals surface area contributed by atoms with E-state index in [4.69, 9.17) is 4.74 Å². The maximum Gasteiger partial charge on any atom is 0.308 e. The third-order valence-electron chi connectivity index (χ3n) is 8.77. The highest BCUT2D eigenvalue weighted by molar-refractivity contribution is 5.95. The van der Waals surface area contributed by atoms with Gasteiger partial charge < -0.3 is 19.2 Å². The van der Waals surface area contributed by atoms with E-state index in [1.165, 1.54) is 11.9 Å². The number of aryl methyl sites for hydroxylation is 1. The number of anilines is 1. The van der Waals surface area contributed by atoms with E-state index in [1.807, 2.05) is 35.2 Å². The second-order valence-corrected chi connectivity index (χ2v) is 13.2. The zero-order valence-electron chi connectivity index (χ0n) is 26.5. The van der Waals surface area contributed by atoms with E-state index in [-0.39, 0.29) is 24.4 Å². The highest BCUT2D eigenvalue weighted by atomic mass is 16.5. The van der Waals surface area contributed by atoms with E-state index < -0.39 is 11.9 Å². The Morgan fingerprint density at radius 1 is 1.14 bits per heavy atom. The molecule has 3 aromatic rings. The van der Waals surface area contributed by atoms with E-state index >= 15 is 0 Å². The smallest absolute Gasteiger partial charge is 0.308 e. The molecule has 1 fully saturated rings. The van der Waals surface area contributed by atoms with Crippen molar-refractivity contribution in [1.29, 1.82) is 0 Å². The van der Waals surface area contributed by atoms with Crippen molar-refractivity contribution in [3.8, 4) is 5.75 Å². The summed E-state index contributed by atoms with van der Waals surface area (Å²) in [4.78, 5) is 39.6. The summed E-state index contributed by atoms with van der Waals surface area (Å²) in [7, 11) is 6.47. The maximum absolute atomic E-state index is 14.2. The first-order valence-electron chi connectivity index (χ1n) is 15.8. The number of benzene rings is 2. The molecular formula is C35H46N5O4+. The first-order valence-corrected chi connectivity index (χ1v) is 15.8. The molecule has 2 aliphatic heterocycles. The Labute approximate surface area is 261 Å². The number of ether oxygens (including phenoxy) is 1. The quantitative estimate of drug-likeness (QED) is 0.288. The first-order chi connectivity index (χ1) is 21.1. The number of carbonyl (C=O) groups is 2. The maximum atomic E-state index is 14.2. The molecule has 0 aliphatic carbocycles. The Hall–Kier alpha value is -3.82. The van der Waals surface area contributed by atoms with Crippen molar-refractivity contribution in [3.05, 3.63) is 83.4 Å². The van der Waals surface area contributed by atoms with Gasteiger partial charge in [-0.3, -0.25) is 14.5 Å². The number of rotatable bonds is 13. The van der Waals surface area contributed by atoms with Crippen molar-refractivity contribution < 1.29 is 23.9 Å². The molecule has 0 spiro atoms. The lowest BCUT2D eigenvalue weighted by molar-refractivity contribution is -0.884. The Bertz CT molecular complexity index is 1440. The second kappa shape index (κ2) is 13.9. The summed E-state index contributed by atoms with van der Waals surface area (Å²) < 4.78 is 6.51. The number of amides is 1. The molecule has 44 heavy (non-hydrogen) atoms. The molecule has 1 amide bonds. The van der Waals surface area contributed by atoms with Crippen LogP contribution in [0.3, 0.4) is 0 Å². The van der Waals surface area contributed by atoms with E-state index in [0.717, 1.165) is 58.5 Å². The minimum atomic E-state index is -0.828. The van der Waals surface area contributed by atoms with Crippen molar-refractivity contribution in [2.75, 3.05) is 52.3 Å². The number of quaternary nitrogens is 1. The molecule has 3 heterocycles. The molecule has 3 unspecified atom stereocenters. The van der Waals surface area contributed by atoms with Gasteiger partial charge in [-0.05, 0) is 54.7 Å². The average molecular weight is 601 g/mol. The summed E-state index contributed by atoms with van der Waals surface area (Å²) >= 11 is 0. The van der Waals surface area contributed by atoms with Gasteiger partial charge in [0.25, 0.3) is 0 Å². The van der Waals surface area contributed by atoms with Gasteiger partial charge in [-0.1, -0.05) is 37.6 Å². The zero-order valence-corrected chi connectivity index (χ0v) is 26.5. The monoisotopic (exact) mass is 600 g/mol. The van der Waals surface area contributed by atoms with Gasteiger partial charge in [-0.2, -0.15) is 0 Å². The fourth-order valence-electron chi connectivity index (χ4n) is 6.73. The van der Waals surface area contributed by atoms with Crippen LogP contribution in [0.4, 0.5) is 5.69 Å². The van der Waals surface area contributed by atoms with Gasteiger partial charge in [0.2, 0.25) is 5.91 Å². The summed E-state index contributed by atoms with van der Waals surface area (Å²) in [5.41, 5.74) is 5.07. The van der Waals surface area contributed by atoms with Crippen LogP contribution in [0.1, 0.15) is 54.5 Å². The standard InChI is InChI=1S/C35H45N5O4/c1-5-6-17-39(29-9-7-8-25(19-29)23-40(2,3)4)33(41)22-38-21-30(26-10-13-32-27(20-26)15-18-44-32)34(35(42)43)31(38)12-11-28-14-16-36-24-37-28/h7-10,13-14,16,19-20,24,30-31,34H,5-6,11-12,15,17-18,21-23H2,1-4H3/p+1. The molecule has 234 valence electrons. The lowest BCUT2D eigenvalue weighted by atomic mass is 9.83. The highest BCUT2D eigenvalue weighted by Gasteiger charge is 2.47. The third-order valence-corrected chi connectivity index (χ3v) is 8.77. The molecule has 9 nitrogen and oxygen atoms in total. The fourth-order valence-corrected chi connectivity index (χ4v) is 6.73. The van der Waals surface area contributed by atoms with Crippen LogP contribution < -0.4 is 9.64 Å². The Balaban J connectivity index is 1.44. The molecule has 0 saturated carbocycles. The number of likely N-dealkylation sites (tertiary alicyclic amines) is 1. The predicted octanol–water partition coefficient (Wildman–Crippen LogP) is 4.55. The van der Waals surface area contributed by atoms with E-state index in [9.17, 15) is 14.7 Å². The number of carboxylic acids is 1. The van der Waals surface area contributed by atoms with Gasteiger partial charge in [-0.15, -0.1) is 0 Å². The largest absolute Gasteiger partial charge is 0.493 e. The fraction of sp³-hybridized carbons (Fsp3) is 0.486. The van der Waals surface area contributed by atoms with E-state index in [0.29, 0.717) is 32.5 Å². The Morgan fingerprint density at radius 3 is 2.70 bits per heavy atom. The number of unbranched alkanes of at least 4 members (excludes halogenated alkanes) is 1. The summed E-state index contributed by atoms with van der Waals surface area (Å²) in [6.45, 7) is 4.92. The molecule has 2 aromatic carbocycles. The number of aromatic nitrogens is 2. The zero-order chi connectivity index (χ0) is 31.3. The van der Waals surface area contributed by atoms with Crippen molar-refractivity contribution in [2.24, 2.45) is 5.92 Å². The van der Waals surface area contributed by atoms with Crippen molar-refractivity contribution in [3.63, 3.8) is 0 Å².